The van der Waals surface area contributed by atoms with Crippen molar-refractivity contribution >= 4 is 5.78 Å². The highest BCUT2D eigenvalue weighted by molar-refractivity contribution is 5.82. The maximum absolute atomic E-state index is 12.8. The molecule has 0 aromatic rings. The number of hydrogen-bond acceptors (Lipinski definition) is 2. The molecule has 4 saturated carbocycles. The van der Waals surface area contributed by atoms with Crippen LogP contribution in [-0.2, 0) is 4.79 Å². The van der Waals surface area contributed by atoms with Gasteiger partial charge in [0.1, 0.15) is 5.78 Å². The van der Waals surface area contributed by atoms with Crippen molar-refractivity contribution in [3.05, 3.63) is 0 Å². The first kappa shape index (κ1) is 21.8. The van der Waals surface area contributed by atoms with Gasteiger partial charge in [0.2, 0.25) is 0 Å². The van der Waals surface area contributed by atoms with Crippen LogP contribution >= 0.6 is 0 Å². The van der Waals surface area contributed by atoms with Crippen LogP contribution in [0.25, 0.3) is 0 Å². The van der Waals surface area contributed by atoms with Gasteiger partial charge in [-0.3, -0.25) is 4.79 Å². The quantitative estimate of drug-likeness (QED) is 0.572. The molecule has 0 aliphatic heterocycles. The molecule has 0 amide bonds. The van der Waals surface area contributed by atoms with Crippen molar-refractivity contribution in [3.63, 3.8) is 0 Å². The van der Waals surface area contributed by atoms with E-state index in [1.54, 1.807) is 0 Å². The van der Waals surface area contributed by atoms with Gasteiger partial charge >= 0.3 is 0 Å². The zero-order valence-electron chi connectivity index (χ0n) is 20.0. The van der Waals surface area contributed by atoms with E-state index in [9.17, 15) is 9.90 Å². The third-order valence-electron chi connectivity index (χ3n) is 11.2. The molecule has 0 saturated heterocycles. The molecule has 0 aromatic carbocycles. The zero-order valence-corrected chi connectivity index (χ0v) is 20.0. The SMILES string of the molecule is CC[C@]1(O)CC[C@@]2(C)[C@@H](CC[C@@H]3[C@@H]2CC[C@]2(C)[C@@H]([C@H](C)C(=O)C(C)C)CC[C@@H]32)C1. The molecule has 0 aromatic heterocycles. The van der Waals surface area contributed by atoms with Crippen molar-refractivity contribution in [3.8, 4) is 0 Å². The van der Waals surface area contributed by atoms with Gasteiger partial charge in [0.05, 0.1) is 5.60 Å². The van der Waals surface area contributed by atoms with Crippen LogP contribution in [0.5, 0.6) is 0 Å². The largest absolute Gasteiger partial charge is 0.390 e. The second-order valence-corrected chi connectivity index (χ2v) is 12.5. The van der Waals surface area contributed by atoms with E-state index in [0.717, 1.165) is 37.0 Å². The molecule has 4 fully saturated rings. The fourth-order valence-corrected chi connectivity index (χ4v) is 9.23. The lowest BCUT2D eigenvalue weighted by Crippen LogP contribution is -2.56. The molecule has 2 nitrogen and oxygen atoms in total. The fraction of sp³-hybridized carbons (Fsp3) is 0.963. The molecule has 0 heterocycles. The maximum atomic E-state index is 12.8. The van der Waals surface area contributed by atoms with E-state index >= 15 is 0 Å². The number of carbonyl (C=O) groups is 1. The molecule has 29 heavy (non-hydrogen) atoms. The standard InChI is InChI=1S/C27H46O2/c1-7-27(29)15-14-25(5)19(16-27)8-9-20-22-11-10-21(18(4)24(28)17(2)3)26(22,6)13-12-23(20)25/h17-23,29H,7-16H2,1-6H3/t18-,19-,20-,21+,22-,23-,25-,26+,27-/m0/s1. The first-order chi connectivity index (χ1) is 13.6. The molecule has 4 rings (SSSR count). The highest BCUT2D eigenvalue weighted by atomic mass is 16.3. The Hall–Kier alpha value is -0.370. The lowest BCUT2D eigenvalue weighted by Gasteiger charge is -2.62. The van der Waals surface area contributed by atoms with Gasteiger partial charge in [0, 0.05) is 11.8 Å². The number of Topliss-reactive ketones (excluding diaryl/α,β-unsaturated/α-hetero) is 1. The number of carbonyl (C=O) groups excluding carboxylic acids is 1. The average molecular weight is 403 g/mol. The molecule has 166 valence electrons. The predicted molar refractivity (Wildman–Crippen MR) is 119 cm³/mol. The highest BCUT2D eigenvalue weighted by Gasteiger charge is 2.61. The van der Waals surface area contributed by atoms with Crippen LogP contribution in [0, 0.1) is 52.3 Å². The van der Waals surface area contributed by atoms with Crippen molar-refractivity contribution in [1.29, 1.82) is 0 Å². The van der Waals surface area contributed by atoms with Crippen molar-refractivity contribution in [2.24, 2.45) is 52.3 Å². The summed E-state index contributed by atoms with van der Waals surface area (Å²) in [4.78, 5) is 12.8. The highest BCUT2D eigenvalue weighted by Crippen LogP contribution is 2.68. The summed E-state index contributed by atoms with van der Waals surface area (Å²) in [7, 11) is 0. The van der Waals surface area contributed by atoms with Gasteiger partial charge in [0.25, 0.3) is 0 Å². The Balaban J connectivity index is 1.55. The molecular weight excluding hydrogens is 356 g/mol. The summed E-state index contributed by atoms with van der Waals surface area (Å²) in [6.07, 6.45) is 12.1. The molecule has 0 spiro atoms. The number of rotatable bonds is 4. The van der Waals surface area contributed by atoms with E-state index in [-0.39, 0.29) is 11.8 Å². The zero-order chi connectivity index (χ0) is 21.2. The molecule has 9 atom stereocenters. The second-order valence-electron chi connectivity index (χ2n) is 12.5. The van der Waals surface area contributed by atoms with Gasteiger partial charge in [-0.1, -0.05) is 41.5 Å². The minimum absolute atomic E-state index is 0.165. The Morgan fingerprint density at radius 3 is 2.28 bits per heavy atom. The van der Waals surface area contributed by atoms with E-state index in [0.29, 0.717) is 28.4 Å². The summed E-state index contributed by atoms with van der Waals surface area (Å²) < 4.78 is 0. The second kappa shape index (κ2) is 7.35. The van der Waals surface area contributed by atoms with E-state index in [1.165, 1.54) is 44.9 Å². The summed E-state index contributed by atoms with van der Waals surface area (Å²) >= 11 is 0. The molecule has 1 N–H and O–H groups in total. The van der Waals surface area contributed by atoms with Gasteiger partial charge in [0.15, 0.2) is 0 Å². The van der Waals surface area contributed by atoms with Crippen molar-refractivity contribution in [2.75, 3.05) is 0 Å². The number of ketones is 1. The van der Waals surface area contributed by atoms with Gasteiger partial charge in [-0.2, -0.15) is 0 Å². The number of hydrogen-bond donors (Lipinski definition) is 1. The first-order valence-corrected chi connectivity index (χ1v) is 12.8. The van der Waals surface area contributed by atoms with Gasteiger partial charge in [-0.25, -0.2) is 0 Å². The van der Waals surface area contributed by atoms with Gasteiger partial charge in [-0.15, -0.1) is 0 Å². The topological polar surface area (TPSA) is 37.3 Å². The average Bonchev–Trinajstić information content (AvgIpc) is 3.04. The van der Waals surface area contributed by atoms with Crippen LogP contribution in [0.15, 0.2) is 0 Å². The predicted octanol–water partition coefficient (Wildman–Crippen LogP) is 6.65. The Morgan fingerprint density at radius 2 is 1.62 bits per heavy atom. The van der Waals surface area contributed by atoms with E-state index in [4.69, 9.17) is 0 Å². The van der Waals surface area contributed by atoms with Crippen molar-refractivity contribution in [1.82, 2.24) is 0 Å². The van der Waals surface area contributed by atoms with Crippen molar-refractivity contribution < 1.29 is 9.90 Å². The van der Waals surface area contributed by atoms with Gasteiger partial charge < -0.3 is 5.11 Å². The minimum Gasteiger partial charge on any atom is -0.390 e. The van der Waals surface area contributed by atoms with Crippen LogP contribution < -0.4 is 0 Å². The summed E-state index contributed by atoms with van der Waals surface area (Å²) in [6.45, 7) is 13.7. The summed E-state index contributed by atoms with van der Waals surface area (Å²) in [5.74, 6) is 4.69. The van der Waals surface area contributed by atoms with Crippen LogP contribution in [0.1, 0.15) is 106 Å². The van der Waals surface area contributed by atoms with E-state index < -0.39 is 5.60 Å². The smallest absolute Gasteiger partial charge is 0.138 e. The van der Waals surface area contributed by atoms with E-state index in [1.807, 2.05) is 0 Å². The lowest BCUT2D eigenvalue weighted by atomic mass is 9.43. The molecule has 4 aliphatic carbocycles. The molecule has 0 unspecified atom stereocenters. The molecular formula is C27H46O2. The third kappa shape index (κ3) is 3.26. The molecule has 0 radical (unpaired) electrons. The Labute approximate surface area is 179 Å². The normalized spacial score (nSPS) is 50.6. The Kier molecular flexibility index (Phi) is 5.54. The number of aliphatic hydroxyl groups is 1. The van der Waals surface area contributed by atoms with Crippen LogP contribution in [0.4, 0.5) is 0 Å². The van der Waals surface area contributed by atoms with Crippen LogP contribution in [0.3, 0.4) is 0 Å². The van der Waals surface area contributed by atoms with E-state index in [2.05, 4.69) is 41.5 Å². The van der Waals surface area contributed by atoms with Crippen molar-refractivity contribution in [2.45, 2.75) is 111 Å². The summed E-state index contributed by atoms with van der Waals surface area (Å²) in [5.41, 5.74) is 0.404. The van der Waals surface area contributed by atoms with Gasteiger partial charge in [-0.05, 0) is 105 Å². The summed E-state index contributed by atoms with van der Waals surface area (Å²) in [6, 6.07) is 0. The maximum Gasteiger partial charge on any atom is 0.138 e. The van der Waals surface area contributed by atoms with Crippen LogP contribution in [-0.4, -0.2) is 16.5 Å². The first-order valence-electron chi connectivity index (χ1n) is 12.8. The monoisotopic (exact) mass is 402 g/mol. The fourth-order valence-electron chi connectivity index (χ4n) is 9.23. The Morgan fingerprint density at radius 1 is 0.931 bits per heavy atom. The summed E-state index contributed by atoms with van der Waals surface area (Å²) in [5, 5.41) is 11.0. The lowest BCUT2D eigenvalue weighted by molar-refractivity contribution is -0.154. The third-order valence-corrected chi connectivity index (χ3v) is 11.2. The Bertz CT molecular complexity index is 640. The molecule has 4 aliphatic rings. The molecule has 2 heteroatoms. The molecule has 0 bridgehead atoms. The number of fused-ring (bicyclic) bond motifs is 5. The minimum atomic E-state index is -0.398. The van der Waals surface area contributed by atoms with Crippen LogP contribution in [0.2, 0.25) is 0 Å².